The van der Waals surface area contributed by atoms with Crippen LogP contribution in [0.3, 0.4) is 0 Å². The van der Waals surface area contributed by atoms with Crippen LogP contribution in [0.4, 0.5) is 0 Å². The van der Waals surface area contributed by atoms with Crippen molar-refractivity contribution < 1.29 is 19.7 Å². The highest BCUT2D eigenvalue weighted by molar-refractivity contribution is 5.89. The molecule has 0 aromatic carbocycles. The molecule has 23 heavy (non-hydrogen) atoms. The Labute approximate surface area is 133 Å². The highest BCUT2D eigenvalue weighted by Crippen LogP contribution is 2.45. The molecule has 2 aliphatic rings. The van der Waals surface area contributed by atoms with E-state index in [2.05, 4.69) is 4.98 Å². The fourth-order valence-electron chi connectivity index (χ4n) is 2.92. The number of fused-ring (bicyclic) bond motifs is 2. The van der Waals surface area contributed by atoms with Gasteiger partial charge in [-0.2, -0.15) is 0 Å². The quantitative estimate of drug-likeness (QED) is 0.611. The van der Waals surface area contributed by atoms with Gasteiger partial charge in [-0.3, -0.25) is 19.1 Å². The number of ether oxygens (including phenoxy) is 1. The second-order valence-electron chi connectivity index (χ2n) is 5.33. The number of morpholine rings is 1. The van der Waals surface area contributed by atoms with Crippen molar-refractivity contribution >= 4 is 5.91 Å². The van der Waals surface area contributed by atoms with Crippen LogP contribution in [-0.2, 0) is 9.53 Å². The number of hydrogen-bond donors (Lipinski definition) is 3. The highest BCUT2D eigenvalue weighted by atomic mass is 16.6. The van der Waals surface area contributed by atoms with Crippen molar-refractivity contribution in [1.29, 1.82) is 0 Å². The molecule has 0 radical (unpaired) electrons. The number of carbonyl (C=O) groups is 1. The third-order valence-electron chi connectivity index (χ3n) is 4.10. The largest absolute Gasteiger partial charge is 0.400 e. The summed E-state index contributed by atoms with van der Waals surface area (Å²) in [7, 11) is 2.61. The Bertz CT molecular complexity index is 696. The molecule has 2 saturated heterocycles. The first kappa shape index (κ1) is 19.1. The van der Waals surface area contributed by atoms with E-state index in [0.29, 0.717) is 12.0 Å². The van der Waals surface area contributed by atoms with Crippen LogP contribution in [0.1, 0.15) is 25.6 Å². The predicted octanol–water partition coefficient (Wildman–Crippen LogP) is -1.42. The number of likely N-dealkylation sites (N-methyl/N-ethyl adjacent to an activating group) is 1. The minimum atomic E-state index is -1.27. The van der Waals surface area contributed by atoms with Crippen LogP contribution in [-0.4, -0.2) is 63.0 Å². The molecule has 2 aliphatic heterocycles. The molecule has 9 nitrogen and oxygen atoms in total. The third-order valence-corrected chi connectivity index (χ3v) is 4.10. The van der Waals surface area contributed by atoms with Crippen LogP contribution in [0.25, 0.3) is 0 Å². The van der Waals surface area contributed by atoms with Crippen molar-refractivity contribution in [2.45, 2.75) is 38.6 Å². The molecule has 3 rings (SSSR count). The van der Waals surface area contributed by atoms with E-state index in [0.717, 1.165) is 7.11 Å². The lowest BCUT2D eigenvalue weighted by Crippen LogP contribution is -2.52. The van der Waals surface area contributed by atoms with Crippen molar-refractivity contribution in [1.82, 2.24) is 14.5 Å². The van der Waals surface area contributed by atoms with Crippen LogP contribution in [0.5, 0.6) is 0 Å². The molecular weight excluding hydrogens is 306 g/mol. The van der Waals surface area contributed by atoms with Crippen LogP contribution in [0.2, 0.25) is 0 Å². The van der Waals surface area contributed by atoms with Crippen molar-refractivity contribution in [2.75, 3.05) is 20.8 Å². The lowest BCUT2D eigenvalue weighted by molar-refractivity contribution is -0.178. The zero-order valence-corrected chi connectivity index (χ0v) is 12.6. The maximum Gasteiger partial charge on any atom is 0.330 e. The van der Waals surface area contributed by atoms with Gasteiger partial charge in [0.05, 0.1) is 12.6 Å². The molecule has 0 saturated carbocycles. The fourth-order valence-corrected chi connectivity index (χ4v) is 2.92. The third kappa shape index (κ3) is 2.71. The summed E-state index contributed by atoms with van der Waals surface area (Å²) in [6.07, 6.45) is 1.04. The van der Waals surface area contributed by atoms with Gasteiger partial charge in [0.25, 0.3) is 11.5 Å². The number of nitrogens with zero attached hydrogens (tertiary/aromatic N) is 2. The number of aliphatic hydroxyl groups excluding tert-OH is 2. The van der Waals surface area contributed by atoms with Crippen molar-refractivity contribution in [2.24, 2.45) is 0 Å². The Hall–Kier alpha value is -1.97. The lowest BCUT2D eigenvalue weighted by atomic mass is 10.0. The average Bonchev–Trinajstić information content (AvgIpc) is 3.02. The van der Waals surface area contributed by atoms with E-state index in [1.54, 1.807) is 14.0 Å². The van der Waals surface area contributed by atoms with Gasteiger partial charge in [0.15, 0.2) is 11.8 Å². The summed E-state index contributed by atoms with van der Waals surface area (Å²) in [5, 5.41) is 16.4. The van der Waals surface area contributed by atoms with Gasteiger partial charge >= 0.3 is 5.69 Å². The Balaban J connectivity index is 0.000000849. The minimum absolute atomic E-state index is 0. The topological polar surface area (TPSA) is 125 Å². The molecule has 0 aliphatic carbocycles. The molecular formula is C14H23N3O6. The fraction of sp³-hybridized carbons (Fsp3) is 0.643. The van der Waals surface area contributed by atoms with E-state index >= 15 is 0 Å². The Morgan fingerprint density at radius 3 is 2.52 bits per heavy atom. The number of aromatic nitrogens is 2. The van der Waals surface area contributed by atoms with Gasteiger partial charge in [-0.1, -0.05) is 7.43 Å². The lowest BCUT2D eigenvalue weighted by Gasteiger charge is -2.34. The van der Waals surface area contributed by atoms with E-state index in [9.17, 15) is 19.5 Å². The maximum absolute atomic E-state index is 12.0. The van der Waals surface area contributed by atoms with Crippen molar-refractivity contribution in [3.8, 4) is 0 Å². The zero-order valence-electron chi connectivity index (χ0n) is 12.6. The number of rotatable bonds is 2. The van der Waals surface area contributed by atoms with Crippen LogP contribution in [0, 0.1) is 6.92 Å². The highest BCUT2D eigenvalue weighted by Gasteiger charge is 2.61. The minimum Gasteiger partial charge on any atom is -0.400 e. The molecule has 1 unspecified atom stereocenters. The molecule has 0 spiro atoms. The van der Waals surface area contributed by atoms with Crippen LogP contribution >= 0.6 is 0 Å². The number of aromatic amines is 1. The normalized spacial score (nSPS) is 28.2. The SMILES string of the molecule is C.CO.Cc1cn([C@@H]2O[C@]3(CO)CC2N(C)C3=O)c(=O)[nH]c1=O. The molecule has 1 aromatic rings. The molecule has 9 heteroatoms. The number of amides is 1. The van der Waals surface area contributed by atoms with E-state index in [4.69, 9.17) is 9.84 Å². The van der Waals surface area contributed by atoms with Crippen molar-refractivity contribution in [3.63, 3.8) is 0 Å². The standard InChI is InChI=1S/C12H15N3O5.CH4O.CH4/c1-6-4-15(11(19)13-8(6)17)9-7-3-12(5-16,20-9)10(18)14(7)2;1-2;/h4,7,9,16H,3,5H2,1-2H3,(H,13,17,19);2H,1H3;1H4/t7?,9-,12+;;/m1../s1. The Morgan fingerprint density at radius 1 is 1.39 bits per heavy atom. The summed E-state index contributed by atoms with van der Waals surface area (Å²) in [4.78, 5) is 39.0. The second-order valence-corrected chi connectivity index (χ2v) is 5.33. The number of carbonyl (C=O) groups excluding carboxylic acids is 1. The first-order valence-electron chi connectivity index (χ1n) is 6.72. The molecule has 3 heterocycles. The first-order valence-corrected chi connectivity index (χ1v) is 6.72. The number of nitrogens with one attached hydrogen (secondary N) is 1. The first-order chi connectivity index (χ1) is 10.4. The van der Waals surface area contributed by atoms with Crippen LogP contribution in [0.15, 0.2) is 15.8 Å². The maximum atomic E-state index is 12.0. The van der Waals surface area contributed by atoms with Gasteiger partial charge in [-0.05, 0) is 6.92 Å². The number of H-pyrrole nitrogens is 1. The van der Waals surface area contributed by atoms with Crippen LogP contribution < -0.4 is 11.2 Å². The molecule has 130 valence electrons. The summed E-state index contributed by atoms with van der Waals surface area (Å²) in [5.74, 6) is -0.282. The molecule has 1 aromatic heterocycles. The monoisotopic (exact) mass is 329 g/mol. The molecule has 3 N–H and O–H groups in total. The molecule has 2 bridgehead atoms. The second kappa shape index (κ2) is 6.65. The Kier molecular flexibility index (Phi) is 5.51. The molecule has 1 amide bonds. The molecule has 2 fully saturated rings. The van der Waals surface area contributed by atoms with E-state index in [1.807, 2.05) is 0 Å². The summed E-state index contributed by atoms with van der Waals surface area (Å²) in [5.41, 5.74) is -1.93. The van der Waals surface area contributed by atoms with E-state index < -0.39 is 29.7 Å². The number of likely N-dealkylation sites (tertiary alicyclic amines) is 1. The van der Waals surface area contributed by atoms with Gasteiger partial charge in [-0.25, -0.2) is 4.79 Å². The summed E-state index contributed by atoms with van der Waals surface area (Å²) >= 11 is 0. The summed E-state index contributed by atoms with van der Waals surface area (Å²) in [6, 6.07) is -0.336. The van der Waals surface area contributed by atoms with E-state index in [1.165, 1.54) is 15.7 Å². The summed E-state index contributed by atoms with van der Waals surface area (Å²) in [6.45, 7) is 1.15. The van der Waals surface area contributed by atoms with E-state index in [-0.39, 0.29) is 19.4 Å². The zero-order chi connectivity index (χ0) is 16.7. The Morgan fingerprint density at radius 2 is 2.00 bits per heavy atom. The van der Waals surface area contributed by atoms with Gasteiger partial charge in [-0.15, -0.1) is 0 Å². The van der Waals surface area contributed by atoms with Gasteiger partial charge in [0.1, 0.15) is 0 Å². The molecule has 3 atom stereocenters. The number of aliphatic hydroxyl groups is 2. The smallest absolute Gasteiger partial charge is 0.330 e. The number of aryl methyl sites for hydroxylation is 1. The van der Waals surface area contributed by atoms with Crippen molar-refractivity contribution in [3.05, 3.63) is 32.6 Å². The average molecular weight is 329 g/mol. The van der Waals surface area contributed by atoms with Gasteiger partial charge in [0, 0.05) is 32.3 Å². The van der Waals surface area contributed by atoms with Gasteiger partial charge < -0.3 is 19.8 Å². The predicted molar refractivity (Wildman–Crippen MR) is 82.0 cm³/mol. The van der Waals surface area contributed by atoms with Gasteiger partial charge in [0.2, 0.25) is 0 Å². The summed E-state index contributed by atoms with van der Waals surface area (Å²) < 4.78 is 6.91. The number of hydrogen-bond acceptors (Lipinski definition) is 6.